The van der Waals surface area contributed by atoms with E-state index in [-0.39, 0.29) is 0 Å². The van der Waals surface area contributed by atoms with Gasteiger partial charge in [0.15, 0.2) is 0 Å². The van der Waals surface area contributed by atoms with Gasteiger partial charge in [0.1, 0.15) is 6.29 Å². The smallest absolute Gasteiger partial charge is 0.303 e. The van der Waals surface area contributed by atoms with Crippen LogP contribution in [0, 0.1) is 0 Å². The number of carbonyl (C=O) groups excluding carboxylic acids is 1. The largest absolute Gasteiger partial charge is 0.481 e. The Kier molecular flexibility index (Phi) is 10.1. The Bertz CT molecular complexity index is 197. The third kappa shape index (κ3) is 12.9. The summed E-state index contributed by atoms with van der Waals surface area (Å²) in [6.07, 6.45) is 11.8. The molecule has 0 fully saturated rings. The maximum absolute atomic E-state index is 10.2. The summed E-state index contributed by atoms with van der Waals surface area (Å²) in [6, 6.07) is 0. The lowest BCUT2D eigenvalue weighted by atomic mass is 10.1. The number of carboxylic acid groups (broad SMARTS) is 1. The number of hydrogen-bond acceptors (Lipinski definition) is 2. The van der Waals surface area contributed by atoms with E-state index in [1.165, 1.54) is 0 Å². The van der Waals surface area contributed by atoms with Gasteiger partial charge in [-0.3, -0.25) is 4.79 Å². The van der Waals surface area contributed by atoms with Crippen molar-refractivity contribution in [2.45, 2.75) is 51.4 Å². The van der Waals surface area contributed by atoms with Gasteiger partial charge in [0.25, 0.3) is 0 Å². The third-order valence-corrected chi connectivity index (χ3v) is 2.16. The van der Waals surface area contributed by atoms with E-state index in [0.717, 1.165) is 44.8 Å². The highest BCUT2D eigenvalue weighted by Gasteiger charge is 1.95. The molecule has 0 atom stereocenters. The van der Waals surface area contributed by atoms with Crippen LogP contribution in [0.2, 0.25) is 0 Å². The minimum atomic E-state index is -0.702. The van der Waals surface area contributed by atoms with Crippen molar-refractivity contribution in [1.29, 1.82) is 0 Å². The Labute approximate surface area is 91.2 Å². The van der Waals surface area contributed by atoms with E-state index >= 15 is 0 Å². The van der Waals surface area contributed by atoms with Gasteiger partial charge in [0, 0.05) is 12.8 Å². The van der Waals surface area contributed by atoms with Crippen LogP contribution in [0.1, 0.15) is 51.4 Å². The van der Waals surface area contributed by atoms with Crippen LogP contribution in [0.3, 0.4) is 0 Å². The van der Waals surface area contributed by atoms with Crippen LogP contribution in [-0.2, 0) is 9.59 Å². The lowest BCUT2D eigenvalue weighted by molar-refractivity contribution is -0.137. The molecule has 0 saturated heterocycles. The highest BCUT2D eigenvalue weighted by Crippen LogP contribution is 2.07. The van der Waals surface area contributed by atoms with Crippen molar-refractivity contribution >= 4 is 12.3 Å². The molecule has 0 aromatic heterocycles. The minimum absolute atomic E-state index is 0.291. The second kappa shape index (κ2) is 11.0. The van der Waals surface area contributed by atoms with Crippen molar-refractivity contribution in [2.24, 2.45) is 0 Å². The highest BCUT2D eigenvalue weighted by atomic mass is 16.4. The van der Waals surface area contributed by atoms with Crippen LogP contribution in [0.5, 0.6) is 0 Å². The number of hydrogen-bond donors (Lipinski definition) is 1. The van der Waals surface area contributed by atoms with Crippen molar-refractivity contribution in [1.82, 2.24) is 0 Å². The van der Waals surface area contributed by atoms with Crippen molar-refractivity contribution < 1.29 is 14.7 Å². The van der Waals surface area contributed by atoms with E-state index in [1.807, 2.05) is 12.2 Å². The van der Waals surface area contributed by atoms with Crippen LogP contribution in [0.4, 0.5) is 0 Å². The molecule has 3 nitrogen and oxygen atoms in total. The summed E-state index contributed by atoms with van der Waals surface area (Å²) in [4.78, 5) is 20.2. The molecule has 0 unspecified atom stereocenters. The standard InChI is InChI=1S/C12H20O3/c13-11-9-7-5-3-1-2-4-6-8-10-12(14)15/h5,7,11H,1-4,6,8-10H2,(H,14,15)/b7-5-. The zero-order chi connectivity index (χ0) is 11.4. The summed E-state index contributed by atoms with van der Waals surface area (Å²) >= 11 is 0. The van der Waals surface area contributed by atoms with Gasteiger partial charge in [0.2, 0.25) is 0 Å². The van der Waals surface area contributed by atoms with E-state index in [1.54, 1.807) is 0 Å². The lowest BCUT2D eigenvalue weighted by Crippen LogP contribution is -1.93. The molecule has 0 rings (SSSR count). The molecule has 0 amide bonds. The molecule has 0 aromatic carbocycles. The quantitative estimate of drug-likeness (QED) is 0.344. The van der Waals surface area contributed by atoms with E-state index < -0.39 is 5.97 Å². The van der Waals surface area contributed by atoms with Gasteiger partial charge in [0.05, 0.1) is 0 Å². The maximum Gasteiger partial charge on any atom is 0.303 e. The van der Waals surface area contributed by atoms with Crippen molar-refractivity contribution in [3.05, 3.63) is 12.2 Å². The Balaban J connectivity index is 3.04. The predicted octanol–water partition coefficient (Wildman–Crippen LogP) is 2.95. The summed E-state index contributed by atoms with van der Waals surface area (Å²) < 4.78 is 0. The highest BCUT2D eigenvalue weighted by molar-refractivity contribution is 5.66. The first-order chi connectivity index (χ1) is 7.27. The molecule has 86 valence electrons. The van der Waals surface area contributed by atoms with Crippen molar-refractivity contribution in [3.63, 3.8) is 0 Å². The first kappa shape index (κ1) is 13.9. The molecular weight excluding hydrogens is 192 g/mol. The van der Waals surface area contributed by atoms with Crippen LogP contribution in [0.15, 0.2) is 12.2 Å². The van der Waals surface area contributed by atoms with Gasteiger partial charge in [-0.2, -0.15) is 0 Å². The fourth-order valence-corrected chi connectivity index (χ4v) is 1.34. The molecule has 3 heteroatoms. The van der Waals surface area contributed by atoms with Gasteiger partial charge in [-0.15, -0.1) is 0 Å². The molecular formula is C12H20O3. The van der Waals surface area contributed by atoms with E-state index in [0.29, 0.717) is 12.8 Å². The van der Waals surface area contributed by atoms with Gasteiger partial charge in [-0.25, -0.2) is 0 Å². The summed E-state index contributed by atoms with van der Waals surface area (Å²) in [7, 11) is 0. The number of rotatable bonds is 10. The van der Waals surface area contributed by atoms with E-state index in [9.17, 15) is 9.59 Å². The zero-order valence-corrected chi connectivity index (χ0v) is 9.15. The Morgan fingerprint density at radius 2 is 1.67 bits per heavy atom. The van der Waals surface area contributed by atoms with Crippen molar-refractivity contribution in [2.75, 3.05) is 0 Å². The Morgan fingerprint density at radius 3 is 2.33 bits per heavy atom. The van der Waals surface area contributed by atoms with Crippen LogP contribution in [-0.4, -0.2) is 17.4 Å². The van der Waals surface area contributed by atoms with Gasteiger partial charge in [-0.05, 0) is 19.3 Å². The Hall–Kier alpha value is -1.12. The second-order valence-corrected chi connectivity index (χ2v) is 3.57. The molecule has 0 radical (unpaired) electrons. The van der Waals surface area contributed by atoms with Crippen LogP contribution >= 0.6 is 0 Å². The van der Waals surface area contributed by atoms with E-state index in [2.05, 4.69) is 0 Å². The summed E-state index contributed by atoms with van der Waals surface area (Å²) in [6.45, 7) is 0. The van der Waals surface area contributed by atoms with Gasteiger partial charge in [-0.1, -0.05) is 31.4 Å². The Morgan fingerprint density at radius 1 is 1.00 bits per heavy atom. The SMILES string of the molecule is O=CC/C=C\CCCCCCCC(=O)O. The molecule has 0 bridgehead atoms. The average Bonchev–Trinajstić information content (AvgIpc) is 2.20. The monoisotopic (exact) mass is 212 g/mol. The van der Waals surface area contributed by atoms with Gasteiger partial charge < -0.3 is 9.90 Å². The molecule has 0 aliphatic rings. The maximum atomic E-state index is 10.2. The van der Waals surface area contributed by atoms with Crippen LogP contribution < -0.4 is 0 Å². The number of allylic oxidation sites excluding steroid dienone is 2. The molecule has 0 heterocycles. The normalized spacial score (nSPS) is 10.7. The molecule has 0 aliphatic heterocycles. The molecule has 0 spiro atoms. The molecule has 15 heavy (non-hydrogen) atoms. The summed E-state index contributed by atoms with van der Waals surface area (Å²) in [5.41, 5.74) is 0. The van der Waals surface area contributed by atoms with Crippen molar-refractivity contribution in [3.8, 4) is 0 Å². The number of carbonyl (C=O) groups is 2. The first-order valence-corrected chi connectivity index (χ1v) is 5.58. The number of carboxylic acids is 1. The van der Waals surface area contributed by atoms with E-state index in [4.69, 9.17) is 5.11 Å². The van der Waals surface area contributed by atoms with Crippen LogP contribution in [0.25, 0.3) is 0 Å². The number of unbranched alkanes of at least 4 members (excludes halogenated alkanes) is 5. The fraction of sp³-hybridized carbons (Fsp3) is 0.667. The predicted molar refractivity (Wildman–Crippen MR) is 59.8 cm³/mol. The third-order valence-electron chi connectivity index (χ3n) is 2.16. The lowest BCUT2D eigenvalue weighted by Gasteiger charge is -1.97. The topological polar surface area (TPSA) is 54.4 Å². The second-order valence-electron chi connectivity index (χ2n) is 3.57. The number of aldehydes is 1. The molecule has 0 saturated carbocycles. The first-order valence-electron chi connectivity index (χ1n) is 5.58. The minimum Gasteiger partial charge on any atom is -0.481 e. The number of aliphatic carboxylic acids is 1. The molecule has 0 aliphatic carbocycles. The molecule has 0 aromatic rings. The zero-order valence-electron chi connectivity index (χ0n) is 9.15. The molecule has 1 N–H and O–H groups in total. The van der Waals surface area contributed by atoms with Gasteiger partial charge >= 0.3 is 5.97 Å². The average molecular weight is 212 g/mol. The summed E-state index contributed by atoms with van der Waals surface area (Å²) in [5, 5.41) is 8.40. The summed E-state index contributed by atoms with van der Waals surface area (Å²) in [5.74, 6) is -0.702. The fourth-order valence-electron chi connectivity index (χ4n) is 1.34.